The molecule has 1 atom stereocenters. The molecule has 0 aliphatic rings. The highest BCUT2D eigenvalue weighted by atomic mass is 32.2. The van der Waals surface area contributed by atoms with E-state index in [1.807, 2.05) is 0 Å². The molecule has 0 saturated heterocycles. The van der Waals surface area contributed by atoms with Crippen molar-refractivity contribution in [3.05, 3.63) is 0 Å². The zero-order chi connectivity index (χ0) is 20.1. The molecule has 0 aliphatic heterocycles. The Morgan fingerprint density at radius 2 is 1.16 bits per heavy atom. The minimum absolute atomic E-state index is 0.0740. The van der Waals surface area contributed by atoms with Crippen molar-refractivity contribution in [2.75, 3.05) is 25.7 Å². The van der Waals surface area contributed by atoms with E-state index in [9.17, 15) is 16.8 Å². The molecule has 0 bridgehead atoms. The second-order valence-corrected chi connectivity index (χ2v) is 16.1. The highest BCUT2D eigenvalue weighted by Crippen LogP contribution is 2.43. The molecule has 0 aliphatic carbocycles. The maximum Gasteiger partial charge on any atom is 0.264 e. The van der Waals surface area contributed by atoms with Gasteiger partial charge in [0.05, 0.1) is 31.8 Å². The number of rotatable bonds is 12. The van der Waals surface area contributed by atoms with E-state index in [1.54, 1.807) is 0 Å². The fraction of sp³-hybridized carbons (Fsp3) is 1.00. The molecule has 10 heteroatoms. The van der Waals surface area contributed by atoms with Crippen LogP contribution < -0.4 is 0 Å². The Labute approximate surface area is 154 Å². The van der Waals surface area contributed by atoms with Gasteiger partial charge in [0, 0.05) is 0 Å². The predicted octanol–water partition coefficient (Wildman–Crippen LogP) is 2.89. The van der Waals surface area contributed by atoms with Crippen LogP contribution in [0.1, 0.15) is 48.0 Å². The van der Waals surface area contributed by atoms with Gasteiger partial charge in [-0.05, 0) is 23.0 Å². The normalized spacial score (nSPS) is 15.3. The predicted molar refractivity (Wildman–Crippen MR) is 102 cm³/mol. The molecule has 0 aromatic carbocycles. The Balaban J connectivity index is 5.39. The third kappa shape index (κ3) is 8.96. The average molecular weight is 419 g/mol. The Bertz CT molecular complexity index is 576. The quantitative estimate of drug-likeness (QED) is 0.355. The van der Waals surface area contributed by atoms with Crippen LogP contribution in [0.4, 0.5) is 0 Å². The molecule has 152 valence electrons. The third-order valence-corrected chi connectivity index (χ3v) is 11.6. The van der Waals surface area contributed by atoms with Gasteiger partial charge in [0.25, 0.3) is 20.2 Å². The van der Waals surface area contributed by atoms with Gasteiger partial charge >= 0.3 is 0 Å². The Morgan fingerprint density at radius 3 is 1.48 bits per heavy atom. The van der Waals surface area contributed by atoms with Crippen molar-refractivity contribution in [1.82, 2.24) is 0 Å². The second kappa shape index (κ2) is 9.79. The SMILES string of the molecule is CC(C)[Si](O[C@@H](CCOS(C)(=O)=O)COS(C)(=O)=O)(C(C)C)C(C)C. The van der Waals surface area contributed by atoms with Crippen LogP contribution in [0.3, 0.4) is 0 Å². The maximum absolute atomic E-state index is 11.3. The largest absolute Gasteiger partial charge is 0.411 e. The molecule has 0 spiro atoms. The van der Waals surface area contributed by atoms with Gasteiger partial charge in [0.1, 0.15) is 0 Å². The average Bonchev–Trinajstić information content (AvgIpc) is 2.37. The van der Waals surface area contributed by atoms with E-state index < -0.39 is 34.7 Å². The van der Waals surface area contributed by atoms with Gasteiger partial charge in [-0.2, -0.15) is 16.8 Å². The van der Waals surface area contributed by atoms with Crippen LogP contribution in [0.25, 0.3) is 0 Å². The summed E-state index contributed by atoms with van der Waals surface area (Å²) >= 11 is 0. The lowest BCUT2D eigenvalue weighted by molar-refractivity contribution is 0.0934. The summed E-state index contributed by atoms with van der Waals surface area (Å²) in [6, 6.07) is 0. The summed E-state index contributed by atoms with van der Waals surface area (Å²) in [5, 5.41) is 0. The fourth-order valence-electron chi connectivity index (χ4n) is 3.40. The Morgan fingerprint density at radius 1 is 0.760 bits per heavy atom. The minimum Gasteiger partial charge on any atom is -0.411 e. The first-order chi connectivity index (χ1) is 11.1. The van der Waals surface area contributed by atoms with Gasteiger partial charge in [0.2, 0.25) is 8.32 Å². The molecule has 0 aromatic heterocycles. The number of hydrogen-bond donors (Lipinski definition) is 0. The molecule has 0 N–H and O–H groups in total. The highest BCUT2D eigenvalue weighted by Gasteiger charge is 2.46. The van der Waals surface area contributed by atoms with Crippen molar-refractivity contribution in [2.45, 2.75) is 70.7 Å². The van der Waals surface area contributed by atoms with Gasteiger partial charge < -0.3 is 4.43 Å². The van der Waals surface area contributed by atoms with E-state index in [0.29, 0.717) is 16.6 Å². The first-order valence-corrected chi connectivity index (χ1v) is 14.3. The third-order valence-electron chi connectivity index (χ3n) is 4.28. The van der Waals surface area contributed by atoms with E-state index in [-0.39, 0.29) is 19.6 Å². The van der Waals surface area contributed by atoms with Crippen LogP contribution in [0.5, 0.6) is 0 Å². The smallest absolute Gasteiger partial charge is 0.264 e. The summed E-state index contributed by atoms with van der Waals surface area (Å²) in [6.45, 7) is 12.5. The summed E-state index contributed by atoms with van der Waals surface area (Å²) < 4.78 is 61.2. The lowest BCUT2D eigenvalue weighted by Gasteiger charge is -2.44. The second-order valence-electron chi connectivity index (χ2n) is 7.36. The first kappa shape index (κ1) is 25.0. The first-order valence-electron chi connectivity index (χ1n) is 8.48. The molecule has 0 radical (unpaired) electrons. The Hall–Kier alpha value is -0.00312. The van der Waals surface area contributed by atoms with Crippen LogP contribution in [-0.4, -0.2) is 57.0 Å². The highest BCUT2D eigenvalue weighted by molar-refractivity contribution is 7.86. The molecule has 7 nitrogen and oxygen atoms in total. The standard InChI is InChI=1S/C15H34O7S2Si/c1-12(2)25(13(3)4,14(5)6)22-15(11-21-24(8,18)19)9-10-20-23(7,16)17/h12-15H,9-11H2,1-8H3/t15-/m0/s1. The molecule has 0 unspecified atom stereocenters. The molecule has 0 saturated carbocycles. The molecule has 0 amide bonds. The van der Waals surface area contributed by atoms with Gasteiger partial charge in [0.15, 0.2) is 0 Å². The molecule has 0 heterocycles. The Kier molecular flexibility index (Phi) is 9.79. The van der Waals surface area contributed by atoms with Gasteiger partial charge in [-0.15, -0.1) is 0 Å². The van der Waals surface area contributed by atoms with Crippen LogP contribution in [-0.2, 0) is 33.0 Å². The van der Waals surface area contributed by atoms with Crippen LogP contribution >= 0.6 is 0 Å². The van der Waals surface area contributed by atoms with Crippen molar-refractivity contribution in [1.29, 1.82) is 0 Å². The van der Waals surface area contributed by atoms with E-state index in [0.717, 1.165) is 12.5 Å². The monoisotopic (exact) mass is 418 g/mol. The fourth-order valence-corrected chi connectivity index (χ4v) is 9.78. The van der Waals surface area contributed by atoms with E-state index >= 15 is 0 Å². The van der Waals surface area contributed by atoms with E-state index in [4.69, 9.17) is 12.8 Å². The van der Waals surface area contributed by atoms with Crippen LogP contribution in [0.2, 0.25) is 16.6 Å². The lowest BCUT2D eigenvalue weighted by Crippen LogP contribution is -2.51. The molecule has 0 aromatic rings. The van der Waals surface area contributed by atoms with Crippen molar-refractivity contribution in [3.63, 3.8) is 0 Å². The van der Waals surface area contributed by atoms with Crippen LogP contribution in [0.15, 0.2) is 0 Å². The molecular weight excluding hydrogens is 384 g/mol. The van der Waals surface area contributed by atoms with Gasteiger partial charge in [-0.1, -0.05) is 41.5 Å². The molecule has 0 rings (SSSR count). The topological polar surface area (TPSA) is 96.0 Å². The van der Waals surface area contributed by atoms with Crippen LogP contribution in [0, 0.1) is 0 Å². The van der Waals surface area contributed by atoms with Crippen molar-refractivity contribution >= 4 is 28.6 Å². The minimum atomic E-state index is -3.61. The van der Waals surface area contributed by atoms with Crippen molar-refractivity contribution in [2.24, 2.45) is 0 Å². The molecule has 25 heavy (non-hydrogen) atoms. The summed E-state index contributed by atoms with van der Waals surface area (Å²) in [7, 11) is -9.43. The summed E-state index contributed by atoms with van der Waals surface area (Å²) in [6.07, 6.45) is 1.65. The summed E-state index contributed by atoms with van der Waals surface area (Å²) in [5.41, 5.74) is 0.928. The van der Waals surface area contributed by atoms with Gasteiger partial charge in [-0.25, -0.2) is 0 Å². The lowest BCUT2D eigenvalue weighted by atomic mass is 10.3. The van der Waals surface area contributed by atoms with Crippen molar-refractivity contribution in [3.8, 4) is 0 Å². The molecule has 0 fully saturated rings. The van der Waals surface area contributed by atoms with E-state index in [1.165, 1.54) is 0 Å². The molecular formula is C15H34O7S2Si. The summed E-state index contributed by atoms with van der Waals surface area (Å²) in [4.78, 5) is 0. The van der Waals surface area contributed by atoms with E-state index in [2.05, 4.69) is 41.5 Å². The zero-order valence-electron chi connectivity index (χ0n) is 16.6. The van der Waals surface area contributed by atoms with Crippen molar-refractivity contribution < 1.29 is 29.6 Å². The summed E-state index contributed by atoms with van der Waals surface area (Å²) in [5.74, 6) is 0. The maximum atomic E-state index is 11.3. The number of hydrogen-bond acceptors (Lipinski definition) is 7. The zero-order valence-corrected chi connectivity index (χ0v) is 19.2. The van der Waals surface area contributed by atoms with Gasteiger partial charge in [-0.3, -0.25) is 8.37 Å².